The van der Waals surface area contributed by atoms with Crippen LogP contribution in [0.3, 0.4) is 0 Å². The fourth-order valence-electron chi connectivity index (χ4n) is 1.71. The van der Waals surface area contributed by atoms with Gasteiger partial charge in [0.05, 0.1) is 25.8 Å². The Balaban J connectivity index is 2.94. The zero-order chi connectivity index (χ0) is 10.8. The molecule has 3 heteroatoms. The number of aliphatic imine (C=N–C) groups is 1. The number of hydrogen-bond acceptors (Lipinski definition) is 1. The molecule has 0 fully saturated rings. The van der Waals surface area contributed by atoms with Crippen LogP contribution in [0.25, 0.3) is 0 Å². The number of hydrogen-bond donors (Lipinski definition) is 0. The van der Waals surface area contributed by atoms with Gasteiger partial charge in [0.1, 0.15) is 5.70 Å². The first kappa shape index (κ1) is 11.7. The first-order valence-corrected chi connectivity index (χ1v) is 5.64. The van der Waals surface area contributed by atoms with E-state index >= 15 is 0 Å². The zero-order valence-electron chi connectivity index (χ0n) is 9.34. The molecule has 0 bridgehead atoms. The molecular formula is C11H18BrN2+. The fourth-order valence-corrected chi connectivity index (χ4v) is 2.01. The predicted octanol–water partition coefficient (Wildman–Crippen LogP) is 3.07. The van der Waals surface area contributed by atoms with Crippen molar-refractivity contribution in [1.29, 1.82) is 0 Å². The summed E-state index contributed by atoms with van der Waals surface area (Å²) < 4.78 is 1.91. The van der Waals surface area contributed by atoms with Gasteiger partial charge >= 0.3 is 0 Å². The van der Waals surface area contributed by atoms with Crippen LogP contribution >= 0.6 is 15.9 Å². The van der Waals surface area contributed by atoms with Crippen molar-refractivity contribution in [3.8, 4) is 0 Å². The van der Waals surface area contributed by atoms with Crippen LogP contribution in [-0.4, -0.2) is 30.2 Å². The van der Waals surface area contributed by atoms with Gasteiger partial charge in [0, 0.05) is 18.2 Å². The van der Waals surface area contributed by atoms with Crippen LogP contribution in [0.1, 0.15) is 19.8 Å². The van der Waals surface area contributed by atoms with Crippen molar-refractivity contribution in [3.63, 3.8) is 0 Å². The van der Waals surface area contributed by atoms with Crippen LogP contribution in [0.5, 0.6) is 0 Å². The van der Waals surface area contributed by atoms with Crippen LogP contribution in [0.4, 0.5) is 0 Å². The molecule has 0 N–H and O–H groups in total. The second-order valence-electron chi connectivity index (χ2n) is 4.35. The van der Waals surface area contributed by atoms with Crippen molar-refractivity contribution in [2.45, 2.75) is 19.8 Å². The van der Waals surface area contributed by atoms with Crippen LogP contribution in [-0.2, 0) is 0 Å². The average molecular weight is 258 g/mol. The van der Waals surface area contributed by atoms with E-state index < -0.39 is 0 Å². The van der Waals surface area contributed by atoms with E-state index in [1.54, 1.807) is 0 Å². The van der Waals surface area contributed by atoms with Gasteiger partial charge in [-0.2, -0.15) is 0 Å². The van der Waals surface area contributed by atoms with Crippen molar-refractivity contribution in [1.82, 2.24) is 0 Å². The molecule has 0 aromatic rings. The van der Waals surface area contributed by atoms with Crippen molar-refractivity contribution in [3.05, 3.63) is 23.5 Å². The topological polar surface area (TPSA) is 12.4 Å². The minimum absolute atomic E-state index is 0.857. The van der Waals surface area contributed by atoms with Crippen molar-refractivity contribution in [2.24, 2.45) is 4.99 Å². The summed E-state index contributed by atoms with van der Waals surface area (Å²) in [5.74, 6) is 0. The molecule has 2 nitrogen and oxygen atoms in total. The van der Waals surface area contributed by atoms with E-state index in [2.05, 4.69) is 55.1 Å². The van der Waals surface area contributed by atoms with E-state index in [1.165, 1.54) is 11.3 Å². The maximum absolute atomic E-state index is 4.31. The summed E-state index contributed by atoms with van der Waals surface area (Å²) in [6.07, 6.45) is 6.26. The molecule has 1 aliphatic rings. The van der Waals surface area contributed by atoms with Crippen LogP contribution in [0.2, 0.25) is 0 Å². The lowest BCUT2D eigenvalue weighted by molar-refractivity contribution is -0.829. The molecule has 1 rings (SSSR count). The third kappa shape index (κ3) is 2.79. The Hall–Kier alpha value is -0.410. The van der Waals surface area contributed by atoms with E-state index in [4.69, 9.17) is 0 Å². The first-order valence-electron chi connectivity index (χ1n) is 4.85. The molecule has 1 aliphatic heterocycles. The molecule has 78 valence electrons. The lowest BCUT2D eigenvalue weighted by atomic mass is 10.0. The Labute approximate surface area is 94.7 Å². The Morgan fingerprint density at radius 1 is 1.43 bits per heavy atom. The third-order valence-electron chi connectivity index (χ3n) is 2.29. The minimum atomic E-state index is 0.857. The number of likely N-dealkylation sites (N-methyl/N-ethyl adjacent to an activating group) is 1. The van der Waals surface area contributed by atoms with Gasteiger partial charge in [0.15, 0.2) is 0 Å². The quantitative estimate of drug-likeness (QED) is 0.675. The molecule has 14 heavy (non-hydrogen) atoms. The van der Waals surface area contributed by atoms with Crippen LogP contribution in [0, 0.1) is 0 Å². The Kier molecular flexibility index (Phi) is 3.67. The number of nitrogens with zero attached hydrogens (tertiary/aromatic N) is 2. The molecule has 0 aromatic heterocycles. The smallest absolute Gasteiger partial charge is 0.132 e. The van der Waals surface area contributed by atoms with Crippen LogP contribution < -0.4 is 0 Å². The van der Waals surface area contributed by atoms with E-state index in [1.807, 2.05) is 6.20 Å². The molecule has 0 radical (unpaired) electrons. The molecule has 0 amide bonds. The zero-order valence-corrected chi connectivity index (χ0v) is 10.9. The number of allylic oxidation sites excluding steroid dienone is 2. The summed E-state index contributed by atoms with van der Waals surface area (Å²) >= 11 is 3.42. The van der Waals surface area contributed by atoms with Gasteiger partial charge in [-0.05, 0) is 35.4 Å². The van der Waals surface area contributed by atoms with Gasteiger partial charge in [0.25, 0.3) is 0 Å². The number of halogens is 1. The minimum Gasteiger partial charge on any atom is -0.298 e. The van der Waals surface area contributed by atoms with Crippen molar-refractivity contribution >= 4 is 20.6 Å². The van der Waals surface area contributed by atoms with Gasteiger partial charge in [-0.3, -0.25) is 9.48 Å². The number of rotatable bonds is 2. The molecule has 0 aliphatic carbocycles. The SMILES string of the molecule is CC=C(C1=CN=C(Br)CC1)[N+](C)(C)C. The maximum atomic E-state index is 4.31. The Morgan fingerprint density at radius 3 is 2.43 bits per heavy atom. The standard InChI is InChI=1S/C11H18BrN2/c1-5-10(14(2,3)4)9-6-7-11(12)13-8-9/h5,8H,6-7H2,1-4H3/q+1. The summed E-state index contributed by atoms with van der Waals surface area (Å²) in [6.45, 7) is 2.09. The predicted molar refractivity (Wildman–Crippen MR) is 65.5 cm³/mol. The number of quaternary nitrogens is 1. The Bertz CT molecular complexity index is 306. The lowest BCUT2D eigenvalue weighted by Gasteiger charge is -2.28. The molecule has 0 saturated carbocycles. The van der Waals surface area contributed by atoms with Gasteiger partial charge in [-0.1, -0.05) is 0 Å². The highest BCUT2D eigenvalue weighted by molar-refractivity contribution is 9.18. The average Bonchev–Trinajstić information content (AvgIpc) is 2.07. The summed E-state index contributed by atoms with van der Waals surface area (Å²) in [4.78, 5) is 4.31. The largest absolute Gasteiger partial charge is 0.298 e. The van der Waals surface area contributed by atoms with E-state index in [9.17, 15) is 0 Å². The molecular weight excluding hydrogens is 240 g/mol. The Morgan fingerprint density at radius 2 is 2.07 bits per heavy atom. The van der Waals surface area contributed by atoms with Gasteiger partial charge in [0.2, 0.25) is 0 Å². The molecule has 0 spiro atoms. The van der Waals surface area contributed by atoms with Gasteiger partial charge in [-0.25, -0.2) is 0 Å². The summed E-state index contributed by atoms with van der Waals surface area (Å²) in [7, 11) is 6.55. The van der Waals surface area contributed by atoms with Crippen molar-refractivity contribution in [2.75, 3.05) is 21.1 Å². The van der Waals surface area contributed by atoms with E-state index in [0.717, 1.165) is 21.9 Å². The highest BCUT2D eigenvalue weighted by Crippen LogP contribution is 2.26. The monoisotopic (exact) mass is 257 g/mol. The van der Waals surface area contributed by atoms with Crippen molar-refractivity contribution < 1.29 is 4.48 Å². The second-order valence-corrected chi connectivity index (χ2v) is 5.26. The van der Waals surface area contributed by atoms with Gasteiger partial charge < -0.3 is 0 Å². The van der Waals surface area contributed by atoms with E-state index in [0.29, 0.717) is 0 Å². The normalized spacial score (nSPS) is 19.1. The summed E-state index contributed by atoms with van der Waals surface area (Å²) in [6, 6.07) is 0. The first-order chi connectivity index (χ1) is 6.45. The maximum Gasteiger partial charge on any atom is 0.132 e. The summed E-state index contributed by atoms with van der Waals surface area (Å²) in [5.41, 5.74) is 2.71. The third-order valence-corrected chi connectivity index (χ3v) is 2.89. The highest BCUT2D eigenvalue weighted by atomic mass is 79.9. The molecule has 1 heterocycles. The van der Waals surface area contributed by atoms with Gasteiger partial charge in [-0.15, -0.1) is 0 Å². The lowest BCUT2D eigenvalue weighted by Crippen LogP contribution is -2.34. The van der Waals surface area contributed by atoms with Crippen LogP contribution in [0.15, 0.2) is 28.5 Å². The second kappa shape index (κ2) is 4.41. The summed E-state index contributed by atoms with van der Waals surface area (Å²) in [5, 5.41) is 0. The highest BCUT2D eigenvalue weighted by Gasteiger charge is 2.21. The molecule has 0 aromatic carbocycles. The molecule has 0 saturated heterocycles. The fraction of sp³-hybridized carbons (Fsp3) is 0.545. The molecule has 0 unspecified atom stereocenters. The van der Waals surface area contributed by atoms with E-state index in [-0.39, 0.29) is 0 Å². The molecule has 0 atom stereocenters.